The zero-order chi connectivity index (χ0) is 22.6. The smallest absolute Gasteiger partial charge is 0.194 e. The first-order valence-electron chi connectivity index (χ1n) is 11.9. The molecular formula is C24H40N4O4. The van der Waals surface area contributed by atoms with Crippen LogP contribution < -0.4 is 14.8 Å². The van der Waals surface area contributed by atoms with Gasteiger partial charge in [0, 0.05) is 70.5 Å². The molecule has 2 aliphatic heterocycles. The van der Waals surface area contributed by atoms with Gasteiger partial charge in [-0.05, 0) is 38.0 Å². The fraction of sp³-hybridized carbons (Fsp3) is 0.708. The monoisotopic (exact) mass is 448 g/mol. The maximum Gasteiger partial charge on any atom is 0.194 e. The fourth-order valence-corrected chi connectivity index (χ4v) is 4.11. The van der Waals surface area contributed by atoms with Crippen LogP contribution in [0, 0.1) is 5.92 Å². The molecule has 8 nitrogen and oxygen atoms in total. The van der Waals surface area contributed by atoms with Gasteiger partial charge in [-0.3, -0.25) is 9.89 Å². The Bertz CT molecular complexity index is 701. The van der Waals surface area contributed by atoms with Crippen molar-refractivity contribution in [1.29, 1.82) is 0 Å². The van der Waals surface area contributed by atoms with Gasteiger partial charge in [0.15, 0.2) is 5.96 Å². The summed E-state index contributed by atoms with van der Waals surface area (Å²) in [7, 11) is 3.42. The average Bonchev–Trinajstić information content (AvgIpc) is 3.34. The van der Waals surface area contributed by atoms with Crippen molar-refractivity contribution in [3.63, 3.8) is 0 Å². The highest BCUT2D eigenvalue weighted by Gasteiger charge is 2.21. The number of methoxy groups -OCH3 is 2. The minimum atomic E-state index is 0.573. The molecule has 2 fully saturated rings. The zero-order valence-electron chi connectivity index (χ0n) is 20.0. The first kappa shape index (κ1) is 24.6. The van der Waals surface area contributed by atoms with Gasteiger partial charge in [0.05, 0.1) is 27.4 Å². The largest absolute Gasteiger partial charge is 0.497 e. The summed E-state index contributed by atoms with van der Waals surface area (Å²) >= 11 is 0. The van der Waals surface area contributed by atoms with Crippen LogP contribution in [0.25, 0.3) is 0 Å². The number of hydrogen-bond acceptors (Lipinski definition) is 6. The van der Waals surface area contributed by atoms with E-state index in [9.17, 15) is 0 Å². The van der Waals surface area contributed by atoms with Crippen LogP contribution in [0.3, 0.4) is 0 Å². The van der Waals surface area contributed by atoms with Gasteiger partial charge in [0.25, 0.3) is 0 Å². The molecule has 0 spiro atoms. The summed E-state index contributed by atoms with van der Waals surface area (Å²) in [5, 5.41) is 3.45. The third-order valence-electron chi connectivity index (χ3n) is 5.97. The van der Waals surface area contributed by atoms with E-state index in [1.54, 1.807) is 14.2 Å². The number of piperazine rings is 1. The second-order valence-corrected chi connectivity index (χ2v) is 8.33. The van der Waals surface area contributed by atoms with Crippen LogP contribution in [0.4, 0.5) is 0 Å². The van der Waals surface area contributed by atoms with Crippen LogP contribution in [0.15, 0.2) is 23.2 Å². The lowest BCUT2D eigenvalue weighted by Gasteiger charge is -2.36. The SMILES string of the molecule is CCNC(=NCCCOCC1CCOC1)N1CCN(Cc2cc(OC)ccc2OC)CC1. The predicted molar refractivity (Wildman–Crippen MR) is 127 cm³/mol. The average molecular weight is 449 g/mol. The third-order valence-corrected chi connectivity index (χ3v) is 5.97. The maximum atomic E-state index is 5.80. The number of benzene rings is 1. The van der Waals surface area contributed by atoms with E-state index >= 15 is 0 Å². The van der Waals surface area contributed by atoms with Crippen LogP contribution >= 0.6 is 0 Å². The quantitative estimate of drug-likeness (QED) is 0.316. The van der Waals surface area contributed by atoms with Gasteiger partial charge in [-0.25, -0.2) is 0 Å². The molecular weight excluding hydrogens is 408 g/mol. The van der Waals surface area contributed by atoms with Gasteiger partial charge in [0.1, 0.15) is 11.5 Å². The summed E-state index contributed by atoms with van der Waals surface area (Å²) in [5.74, 6) is 3.35. The van der Waals surface area contributed by atoms with E-state index < -0.39 is 0 Å². The second kappa shape index (κ2) is 13.5. The van der Waals surface area contributed by atoms with E-state index in [0.29, 0.717) is 5.92 Å². The molecule has 0 amide bonds. The Labute approximate surface area is 192 Å². The molecule has 2 aliphatic rings. The van der Waals surface area contributed by atoms with E-state index in [4.69, 9.17) is 23.9 Å². The van der Waals surface area contributed by atoms with Gasteiger partial charge in [-0.2, -0.15) is 0 Å². The molecule has 180 valence electrons. The Hall–Kier alpha value is -2.03. The second-order valence-electron chi connectivity index (χ2n) is 8.33. The van der Waals surface area contributed by atoms with E-state index in [1.165, 1.54) is 0 Å². The Morgan fingerprint density at radius 3 is 2.72 bits per heavy atom. The zero-order valence-corrected chi connectivity index (χ0v) is 20.0. The Balaban J connectivity index is 1.42. The van der Waals surface area contributed by atoms with Crippen LogP contribution in [0.2, 0.25) is 0 Å². The molecule has 8 heteroatoms. The van der Waals surface area contributed by atoms with Gasteiger partial charge in [-0.1, -0.05) is 0 Å². The molecule has 3 rings (SSSR count). The van der Waals surface area contributed by atoms with Crippen molar-refractivity contribution in [2.45, 2.75) is 26.3 Å². The molecule has 2 saturated heterocycles. The van der Waals surface area contributed by atoms with Crippen molar-refractivity contribution in [3.8, 4) is 11.5 Å². The molecule has 1 N–H and O–H groups in total. The molecule has 0 saturated carbocycles. The lowest BCUT2D eigenvalue weighted by molar-refractivity contribution is 0.0892. The highest BCUT2D eigenvalue weighted by molar-refractivity contribution is 5.80. The minimum absolute atomic E-state index is 0.573. The molecule has 0 radical (unpaired) electrons. The van der Waals surface area contributed by atoms with Crippen molar-refractivity contribution in [2.75, 3.05) is 79.9 Å². The summed E-state index contributed by atoms with van der Waals surface area (Å²) in [4.78, 5) is 9.65. The molecule has 1 atom stereocenters. The van der Waals surface area contributed by atoms with Crippen LogP contribution in [-0.2, 0) is 16.0 Å². The molecule has 0 aromatic heterocycles. The number of hydrogen-bond donors (Lipinski definition) is 1. The van der Waals surface area contributed by atoms with E-state index in [0.717, 1.165) is 108 Å². The molecule has 32 heavy (non-hydrogen) atoms. The van der Waals surface area contributed by atoms with E-state index in [-0.39, 0.29) is 0 Å². The lowest BCUT2D eigenvalue weighted by atomic mass is 10.1. The van der Waals surface area contributed by atoms with Crippen molar-refractivity contribution in [2.24, 2.45) is 10.9 Å². The highest BCUT2D eigenvalue weighted by atomic mass is 16.5. The number of nitrogens with zero attached hydrogens (tertiary/aromatic N) is 3. The van der Waals surface area contributed by atoms with Gasteiger partial charge in [-0.15, -0.1) is 0 Å². The Morgan fingerprint density at radius 2 is 2.03 bits per heavy atom. The van der Waals surface area contributed by atoms with E-state index in [2.05, 4.69) is 28.1 Å². The highest BCUT2D eigenvalue weighted by Crippen LogP contribution is 2.25. The first-order valence-corrected chi connectivity index (χ1v) is 11.9. The standard InChI is InChI=1S/C24H40N4O4/c1-4-25-24(26-9-5-14-31-18-20-8-15-32-19-20)28-12-10-27(11-13-28)17-21-16-22(29-2)6-7-23(21)30-3/h6-7,16,20H,4-5,8-15,17-19H2,1-3H3,(H,25,26). The Morgan fingerprint density at radius 1 is 1.19 bits per heavy atom. The van der Waals surface area contributed by atoms with Gasteiger partial charge < -0.3 is 29.2 Å². The van der Waals surface area contributed by atoms with Crippen LogP contribution in [0.5, 0.6) is 11.5 Å². The molecule has 0 aliphatic carbocycles. The lowest BCUT2D eigenvalue weighted by Crippen LogP contribution is -2.52. The Kier molecular flexibility index (Phi) is 10.4. The maximum absolute atomic E-state index is 5.80. The summed E-state index contributed by atoms with van der Waals surface area (Å²) in [6, 6.07) is 5.98. The number of rotatable bonds is 11. The minimum Gasteiger partial charge on any atom is -0.497 e. The number of aliphatic imine (C=N–C) groups is 1. The number of guanidine groups is 1. The predicted octanol–water partition coefficient (Wildman–Crippen LogP) is 2.23. The number of nitrogens with one attached hydrogen (secondary N) is 1. The van der Waals surface area contributed by atoms with Crippen LogP contribution in [-0.4, -0.2) is 95.7 Å². The normalized spacial score (nSPS) is 19.9. The van der Waals surface area contributed by atoms with Gasteiger partial charge in [0.2, 0.25) is 0 Å². The van der Waals surface area contributed by atoms with Crippen molar-refractivity contribution >= 4 is 5.96 Å². The molecule has 1 unspecified atom stereocenters. The number of ether oxygens (including phenoxy) is 4. The van der Waals surface area contributed by atoms with Crippen molar-refractivity contribution < 1.29 is 18.9 Å². The first-order chi connectivity index (χ1) is 15.7. The van der Waals surface area contributed by atoms with Crippen molar-refractivity contribution in [1.82, 2.24) is 15.1 Å². The van der Waals surface area contributed by atoms with Crippen molar-refractivity contribution in [3.05, 3.63) is 23.8 Å². The third kappa shape index (κ3) is 7.53. The summed E-state index contributed by atoms with van der Waals surface area (Å²) in [5.41, 5.74) is 1.16. The molecule has 2 heterocycles. The summed E-state index contributed by atoms with van der Waals surface area (Å²) in [6.07, 6.45) is 2.07. The summed E-state index contributed by atoms with van der Waals surface area (Å²) < 4.78 is 22.1. The molecule has 0 bridgehead atoms. The fourth-order valence-electron chi connectivity index (χ4n) is 4.11. The summed E-state index contributed by atoms with van der Waals surface area (Å²) in [6.45, 7) is 11.8. The molecule has 1 aromatic carbocycles. The topological polar surface area (TPSA) is 67.8 Å². The molecule has 1 aromatic rings. The van der Waals surface area contributed by atoms with Gasteiger partial charge >= 0.3 is 0 Å². The van der Waals surface area contributed by atoms with Crippen LogP contribution in [0.1, 0.15) is 25.3 Å². The van der Waals surface area contributed by atoms with E-state index in [1.807, 2.05) is 12.1 Å².